The molecule has 2 rings (SSSR count). The molecule has 1 aromatic rings. The molecule has 3 nitrogen and oxygen atoms in total. The molecule has 1 aliphatic heterocycles. The molecule has 2 N–H and O–H groups in total. The van der Waals surface area contributed by atoms with Crippen LogP contribution in [0.5, 0.6) is 0 Å². The fourth-order valence-electron chi connectivity index (χ4n) is 2.83. The predicted octanol–water partition coefficient (Wildman–Crippen LogP) is 2.79. The molecule has 112 valence electrons. The number of likely N-dealkylation sites (N-methyl/N-ethyl adjacent to an activating group) is 1. The highest BCUT2D eigenvalue weighted by atomic mass is 32.2. The van der Waals surface area contributed by atoms with Crippen LogP contribution in [-0.2, 0) is 6.54 Å². The van der Waals surface area contributed by atoms with E-state index in [9.17, 15) is 0 Å². The van der Waals surface area contributed by atoms with E-state index in [-0.39, 0.29) is 0 Å². The second-order valence-electron chi connectivity index (χ2n) is 5.36. The fraction of sp³-hybridized carbons (Fsp3) is 0.625. The van der Waals surface area contributed by atoms with Crippen molar-refractivity contribution in [2.45, 2.75) is 31.2 Å². The first-order valence-electron chi connectivity index (χ1n) is 7.64. The van der Waals surface area contributed by atoms with Crippen molar-refractivity contribution in [2.24, 2.45) is 5.73 Å². The fourth-order valence-corrected chi connectivity index (χ4v) is 3.67. The van der Waals surface area contributed by atoms with Gasteiger partial charge in [0.25, 0.3) is 0 Å². The minimum atomic E-state index is 0.618. The van der Waals surface area contributed by atoms with Crippen LogP contribution in [0, 0.1) is 0 Å². The number of nitrogens with two attached hydrogens (primary N) is 1. The van der Waals surface area contributed by atoms with Crippen LogP contribution in [0.2, 0.25) is 0 Å². The summed E-state index contributed by atoms with van der Waals surface area (Å²) >= 11 is 1.88. The van der Waals surface area contributed by atoms with Crippen molar-refractivity contribution in [3.05, 3.63) is 23.8 Å². The first-order valence-corrected chi connectivity index (χ1v) is 8.63. The van der Waals surface area contributed by atoms with Gasteiger partial charge in [0.05, 0.1) is 0 Å². The minimum absolute atomic E-state index is 0.618. The van der Waals surface area contributed by atoms with E-state index < -0.39 is 0 Å². The van der Waals surface area contributed by atoms with Crippen LogP contribution < -0.4 is 10.6 Å². The molecule has 0 radical (unpaired) electrons. The van der Waals surface area contributed by atoms with Gasteiger partial charge in [-0.2, -0.15) is 0 Å². The Balaban J connectivity index is 2.03. The van der Waals surface area contributed by atoms with Crippen molar-refractivity contribution in [2.75, 3.05) is 43.9 Å². The second kappa shape index (κ2) is 7.91. The van der Waals surface area contributed by atoms with Gasteiger partial charge in [0.2, 0.25) is 0 Å². The van der Waals surface area contributed by atoms with Crippen LogP contribution in [0.4, 0.5) is 5.69 Å². The highest BCUT2D eigenvalue weighted by molar-refractivity contribution is 7.99. The van der Waals surface area contributed by atoms with Gasteiger partial charge in [0, 0.05) is 42.8 Å². The summed E-state index contributed by atoms with van der Waals surface area (Å²) in [5.74, 6) is 1.09. The molecule has 1 aliphatic rings. The number of likely N-dealkylation sites (tertiary alicyclic amines) is 1. The van der Waals surface area contributed by atoms with Gasteiger partial charge in [0.15, 0.2) is 0 Å². The number of nitrogens with zero attached hydrogens (tertiary/aromatic N) is 2. The van der Waals surface area contributed by atoms with Crippen LogP contribution >= 0.6 is 11.8 Å². The van der Waals surface area contributed by atoms with Crippen molar-refractivity contribution in [3.63, 3.8) is 0 Å². The van der Waals surface area contributed by atoms with E-state index in [1.807, 2.05) is 11.8 Å². The third-order valence-corrected chi connectivity index (χ3v) is 4.96. The monoisotopic (exact) mass is 293 g/mol. The summed E-state index contributed by atoms with van der Waals surface area (Å²) in [5.41, 5.74) is 8.58. The van der Waals surface area contributed by atoms with Gasteiger partial charge < -0.3 is 15.5 Å². The Labute approximate surface area is 127 Å². The summed E-state index contributed by atoms with van der Waals surface area (Å²) in [5, 5.41) is 0. The summed E-state index contributed by atoms with van der Waals surface area (Å²) in [6, 6.07) is 6.54. The average molecular weight is 293 g/mol. The molecule has 0 aromatic heterocycles. The smallest absolute Gasteiger partial charge is 0.0420 e. The number of benzene rings is 1. The number of rotatable bonds is 7. The number of anilines is 1. The first-order chi connectivity index (χ1) is 9.76. The molecule has 1 aromatic carbocycles. The molecule has 0 bridgehead atoms. The predicted molar refractivity (Wildman–Crippen MR) is 89.7 cm³/mol. The molecule has 0 aliphatic carbocycles. The van der Waals surface area contributed by atoms with Crippen LogP contribution in [0.25, 0.3) is 0 Å². The van der Waals surface area contributed by atoms with Crippen molar-refractivity contribution in [1.29, 1.82) is 0 Å². The molecule has 1 fully saturated rings. The van der Waals surface area contributed by atoms with Crippen molar-refractivity contribution < 1.29 is 0 Å². The van der Waals surface area contributed by atoms with Gasteiger partial charge in [-0.15, -0.1) is 11.8 Å². The summed E-state index contributed by atoms with van der Waals surface area (Å²) in [7, 11) is 2.19. The van der Waals surface area contributed by atoms with E-state index in [2.05, 4.69) is 42.0 Å². The third kappa shape index (κ3) is 3.90. The lowest BCUT2D eigenvalue weighted by Crippen LogP contribution is -2.32. The number of hydrogen-bond acceptors (Lipinski definition) is 4. The lowest BCUT2D eigenvalue weighted by atomic mass is 10.1. The Kier molecular flexibility index (Phi) is 6.20. The van der Waals surface area contributed by atoms with Gasteiger partial charge in [-0.25, -0.2) is 0 Å². The molecule has 0 atom stereocenters. The molecule has 1 heterocycles. The average Bonchev–Trinajstić information content (AvgIpc) is 2.98. The highest BCUT2D eigenvalue weighted by Crippen LogP contribution is 2.30. The Hall–Kier alpha value is -0.710. The van der Waals surface area contributed by atoms with E-state index in [1.54, 1.807) is 0 Å². The van der Waals surface area contributed by atoms with Gasteiger partial charge in [0.1, 0.15) is 0 Å². The maximum absolute atomic E-state index is 5.99. The molecule has 0 spiro atoms. The second-order valence-corrected chi connectivity index (χ2v) is 6.67. The van der Waals surface area contributed by atoms with Crippen molar-refractivity contribution in [3.8, 4) is 0 Å². The third-order valence-electron chi connectivity index (χ3n) is 3.97. The quantitative estimate of drug-likeness (QED) is 0.784. The zero-order valence-corrected chi connectivity index (χ0v) is 13.6. The molecule has 20 heavy (non-hydrogen) atoms. The van der Waals surface area contributed by atoms with Gasteiger partial charge in [-0.3, -0.25) is 0 Å². The Morgan fingerprint density at radius 2 is 2.05 bits per heavy atom. The standard InChI is InChI=1S/C16H27N3S/c1-3-20-16-8-6-7-15(14(16)13-17)18(2)11-12-19-9-4-5-10-19/h6-8H,3-5,9-13,17H2,1-2H3. The van der Waals surface area contributed by atoms with E-state index in [1.165, 1.54) is 42.1 Å². The Morgan fingerprint density at radius 1 is 1.30 bits per heavy atom. The normalized spacial score (nSPS) is 15.8. The Bertz CT molecular complexity index is 416. The summed E-state index contributed by atoms with van der Waals surface area (Å²) < 4.78 is 0. The van der Waals surface area contributed by atoms with Crippen molar-refractivity contribution in [1.82, 2.24) is 4.90 Å². The highest BCUT2D eigenvalue weighted by Gasteiger charge is 2.14. The van der Waals surface area contributed by atoms with Crippen LogP contribution in [-0.4, -0.2) is 43.9 Å². The number of hydrogen-bond donors (Lipinski definition) is 1. The van der Waals surface area contributed by atoms with E-state index >= 15 is 0 Å². The van der Waals surface area contributed by atoms with Gasteiger partial charge in [-0.05, 0) is 43.8 Å². The van der Waals surface area contributed by atoms with E-state index in [0.29, 0.717) is 6.54 Å². The number of thioether (sulfide) groups is 1. The molecule has 0 saturated carbocycles. The largest absolute Gasteiger partial charge is 0.373 e. The van der Waals surface area contributed by atoms with Crippen LogP contribution in [0.1, 0.15) is 25.3 Å². The lowest BCUT2D eigenvalue weighted by Gasteiger charge is -2.26. The van der Waals surface area contributed by atoms with Gasteiger partial charge >= 0.3 is 0 Å². The first kappa shape index (κ1) is 15.7. The molecular weight excluding hydrogens is 266 g/mol. The summed E-state index contributed by atoms with van der Waals surface area (Å²) in [6.07, 6.45) is 2.72. The molecule has 0 amide bonds. The minimum Gasteiger partial charge on any atom is -0.373 e. The zero-order valence-electron chi connectivity index (χ0n) is 12.8. The molecular formula is C16H27N3S. The topological polar surface area (TPSA) is 32.5 Å². The van der Waals surface area contributed by atoms with E-state index in [0.717, 1.165) is 18.8 Å². The van der Waals surface area contributed by atoms with E-state index in [4.69, 9.17) is 5.73 Å². The lowest BCUT2D eigenvalue weighted by molar-refractivity contribution is 0.346. The maximum Gasteiger partial charge on any atom is 0.0420 e. The van der Waals surface area contributed by atoms with Crippen LogP contribution in [0.15, 0.2) is 23.1 Å². The van der Waals surface area contributed by atoms with Crippen LogP contribution in [0.3, 0.4) is 0 Å². The maximum atomic E-state index is 5.99. The molecule has 0 unspecified atom stereocenters. The summed E-state index contributed by atoms with van der Waals surface area (Å²) in [6.45, 7) is 7.58. The summed E-state index contributed by atoms with van der Waals surface area (Å²) in [4.78, 5) is 6.25. The van der Waals surface area contributed by atoms with Gasteiger partial charge in [-0.1, -0.05) is 13.0 Å². The molecule has 1 saturated heterocycles. The Morgan fingerprint density at radius 3 is 2.70 bits per heavy atom. The van der Waals surface area contributed by atoms with Crippen molar-refractivity contribution >= 4 is 17.4 Å². The zero-order chi connectivity index (χ0) is 14.4. The molecule has 4 heteroatoms. The SMILES string of the molecule is CCSc1cccc(N(C)CCN2CCCC2)c1CN.